The summed E-state index contributed by atoms with van der Waals surface area (Å²) >= 11 is 0. The second-order valence-corrected chi connectivity index (χ2v) is 6.57. The van der Waals surface area contributed by atoms with Crippen LogP contribution in [0, 0.1) is 5.82 Å². The third kappa shape index (κ3) is 6.60. The molecule has 0 heterocycles. The van der Waals surface area contributed by atoms with E-state index in [1.165, 1.54) is 32.2 Å². The Bertz CT molecular complexity index is 888. The van der Waals surface area contributed by atoms with E-state index in [1.807, 2.05) is 0 Å². The molecule has 0 radical (unpaired) electrons. The average molecular weight is 401 g/mol. The molecule has 0 fully saturated rings. The maximum absolute atomic E-state index is 13.4. The van der Waals surface area contributed by atoms with Gasteiger partial charge in [0.15, 0.2) is 0 Å². The Morgan fingerprint density at radius 3 is 2.38 bits per heavy atom. The minimum absolute atomic E-state index is 0.0588. The predicted octanol–water partition coefficient (Wildman–Crippen LogP) is 1.09. The van der Waals surface area contributed by atoms with Crippen molar-refractivity contribution >= 4 is 17.7 Å². The van der Waals surface area contributed by atoms with Gasteiger partial charge < -0.3 is 21.1 Å². The summed E-state index contributed by atoms with van der Waals surface area (Å²) < 4.78 is 18.7. The molecule has 0 aliphatic rings. The van der Waals surface area contributed by atoms with E-state index in [0.29, 0.717) is 16.9 Å². The van der Waals surface area contributed by atoms with Gasteiger partial charge in [-0.05, 0) is 29.3 Å². The number of nitrogens with two attached hydrogens (primary N) is 1. The highest BCUT2D eigenvalue weighted by Gasteiger charge is 2.26. The van der Waals surface area contributed by atoms with E-state index in [9.17, 15) is 18.8 Å². The lowest BCUT2D eigenvalue weighted by Crippen LogP contribution is -2.54. The number of ether oxygens (including phenoxy) is 1. The summed E-state index contributed by atoms with van der Waals surface area (Å²) in [6, 6.07) is 10.8. The van der Waals surface area contributed by atoms with Gasteiger partial charge in [-0.2, -0.15) is 0 Å². The minimum Gasteiger partial charge on any atom is -0.496 e. The summed E-state index contributed by atoms with van der Waals surface area (Å²) in [5, 5.41) is 5.11. The van der Waals surface area contributed by atoms with E-state index in [4.69, 9.17) is 10.5 Å². The van der Waals surface area contributed by atoms with Crippen molar-refractivity contribution in [3.8, 4) is 5.75 Å². The number of para-hydroxylation sites is 1. The maximum Gasteiger partial charge on any atom is 0.243 e. The molecule has 0 aliphatic heterocycles. The number of nitrogens with one attached hydrogen (secondary N) is 2. The van der Waals surface area contributed by atoms with Gasteiger partial charge in [-0.1, -0.05) is 30.3 Å². The van der Waals surface area contributed by atoms with Crippen molar-refractivity contribution in [2.75, 3.05) is 7.11 Å². The highest BCUT2D eigenvalue weighted by atomic mass is 19.1. The van der Waals surface area contributed by atoms with Crippen molar-refractivity contribution in [3.05, 3.63) is 65.5 Å². The number of amides is 3. The molecule has 2 aromatic carbocycles. The lowest BCUT2D eigenvalue weighted by Gasteiger charge is -2.22. The summed E-state index contributed by atoms with van der Waals surface area (Å²) in [6.45, 7) is 1.27. The second-order valence-electron chi connectivity index (χ2n) is 6.57. The fraction of sp³-hybridized carbons (Fsp3) is 0.286. The Hall–Kier alpha value is -3.42. The largest absolute Gasteiger partial charge is 0.496 e. The fourth-order valence-corrected chi connectivity index (χ4v) is 2.94. The van der Waals surface area contributed by atoms with Crippen LogP contribution < -0.4 is 21.1 Å². The first kappa shape index (κ1) is 21.9. The summed E-state index contributed by atoms with van der Waals surface area (Å²) in [4.78, 5) is 36.2. The SMILES string of the molecule is COc1ccccc1C[C@@H](NC(=O)[C@@H](Cc1cccc(F)c1)NC(C)=O)C(N)=O. The van der Waals surface area contributed by atoms with E-state index in [1.54, 1.807) is 30.3 Å². The Morgan fingerprint density at radius 2 is 1.76 bits per heavy atom. The lowest BCUT2D eigenvalue weighted by atomic mass is 10.0. The molecule has 7 nitrogen and oxygen atoms in total. The Balaban J connectivity index is 2.17. The van der Waals surface area contributed by atoms with Crippen LogP contribution in [0.1, 0.15) is 18.1 Å². The molecule has 154 valence electrons. The molecule has 8 heteroatoms. The van der Waals surface area contributed by atoms with Crippen molar-refractivity contribution < 1.29 is 23.5 Å². The van der Waals surface area contributed by atoms with Crippen molar-refractivity contribution in [3.63, 3.8) is 0 Å². The number of primary amides is 1. The van der Waals surface area contributed by atoms with Crippen molar-refractivity contribution in [2.45, 2.75) is 31.8 Å². The summed E-state index contributed by atoms with van der Waals surface area (Å²) in [5.41, 5.74) is 6.69. The molecule has 0 aromatic heterocycles. The smallest absolute Gasteiger partial charge is 0.243 e. The number of carbonyl (C=O) groups excluding carboxylic acids is 3. The van der Waals surface area contributed by atoms with Gasteiger partial charge in [-0.25, -0.2) is 4.39 Å². The van der Waals surface area contributed by atoms with E-state index in [0.717, 1.165) is 0 Å². The monoisotopic (exact) mass is 401 g/mol. The zero-order valence-electron chi connectivity index (χ0n) is 16.3. The number of halogens is 1. The van der Waals surface area contributed by atoms with Crippen LogP contribution in [0.4, 0.5) is 4.39 Å². The number of hydrogen-bond acceptors (Lipinski definition) is 4. The molecule has 3 amide bonds. The van der Waals surface area contributed by atoms with Gasteiger partial charge in [0.2, 0.25) is 17.7 Å². The second kappa shape index (κ2) is 10.2. The first-order chi connectivity index (χ1) is 13.8. The Labute approximate surface area is 168 Å². The van der Waals surface area contributed by atoms with Crippen LogP contribution in [0.25, 0.3) is 0 Å². The maximum atomic E-state index is 13.4. The highest BCUT2D eigenvalue weighted by Crippen LogP contribution is 2.19. The number of carbonyl (C=O) groups is 3. The van der Waals surface area contributed by atoms with Crippen molar-refractivity contribution in [1.29, 1.82) is 0 Å². The molecule has 0 spiro atoms. The molecule has 4 N–H and O–H groups in total. The molecule has 29 heavy (non-hydrogen) atoms. The van der Waals surface area contributed by atoms with Gasteiger partial charge in [0.25, 0.3) is 0 Å². The normalized spacial score (nSPS) is 12.5. The zero-order chi connectivity index (χ0) is 21.4. The van der Waals surface area contributed by atoms with E-state index < -0.39 is 35.6 Å². The van der Waals surface area contributed by atoms with Crippen molar-refractivity contribution in [1.82, 2.24) is 10.6 Å². The molecule has 2 aromatic rings. The van der Waals surface area contributed by atoms with Crippen LogP contribution in [0.2, 0.25) is 0 Å². The quantitative estimate of drug-likeness (QED) is 0.584. The van der Waals surface area contributed by atoms with E-state index >= 15 is 0 Å². The number of rotatable bonds is 9. The Morgan fingerprint density at radius 1 is 1.03 bits per heavy atom. The molecular weight excluding hydrogens is 377 g/mol. The average Bonchev–Trinajstić information content (AvgIpc) is 2.66. The number of hydrogen-bond donors (Lipinski definition) is 3. The Kier molecular flexibility index (Phi) is 7.70. The van der Waals surface area contributed by atoms with Gasteiger partial charge >= 0.3 is 0 Å². The van der Waals surface area contributed by atoms with Crippen LogP contribution in [0.3, 0.4) is 0 Å². The lowest BCUT2D eigenvalue weighted by molar-refractivity contribution is -0.130. The van der Waals surface area contributed by atoms with Crippen molar-refractivity contribution in [2.24, 2.45) is 5.73 Å². The van der Waals surface area contributed by atoms with Gasteiger partial charge in [0.1, 0.15) is 23.7 Å². The summed E-state index contributed by atoms with van der Waals surface area (Å²) in [5.74, 6) is -1.64. The first-order valence-corrected chi connectivity index (χ1v) is 9.03. The van der Waals surface area contributed by atoms with E-state index in [2.05, 4.69) is 10.6 Å². The van der Waals surface area contributed by atoms with Crippen LogP contribution in [0.15, 0.2) is 48.5 Å². The molecule has 2 rings (SSSR count). The van der Waals surface area contributed by atoms with Gasteiger partial charge in [0.05, 0.1) is 7.11 Å². The molecule has 2 atom stereocenters. The van der Waals surface area contributed by atoms with Gasteiger partial charge in [0, 0.05) is 19.8 Å². The standard InChI is InChI=1S/C21H24FN3O4/c1-13(26)24-18(11-14-6-5-8-16(22)10-14)21(28)25-17(20(23)27)12-15-7-3-4-9-19(15)29-2/h3-10,17-18H,11-12H2,1-2H3,(H2,23,27)(H,24,26)(H,25,28)/t17-,18-/m1/s1. The van der Waals surface area contributed by atoms with Crippen LogP contribution in [0.5, 0.6) is 5.75 Å². The zero-order valence-corrected chi connectivity index (χ0v) is 16.3. The van der Waals surface area contributed by atoms with Crippen LogP contribution in [-0.4, -0.2) is 36.9 Å². The summed E-state index contributed by atoms with van der Waals surface area (Å²) in [6.07, 6.45) is 0.182. The van der Waals surface area contributed by atoms with Gasteiger partial charge in [-0.15, -0.1) is 0 Å². The molecule has 0 saturated carbocycles. The molecule has 0 saturated heterocycles. The van der Waals surface area contributed by atoms with Crippen LogP contribution >= 0.6 is 0 Å². The van der Waals surface area contributed by atoms with Crippen LogP contribution in [-0.2, 0) is 27.2 Å². The summed E-state index contributed by atoms with van der Waals surface area (Å²) in [7, 11) is 1.50. The molecule has 0 unspecified atom stereocenters. The third-order valence-corrected chi connectivity index (χ3v) is 4.30. The molecule has 0 aliphatic carbocycles. The fourth-order valence-electron chi connectivity index (χ4n) is 2.94. The number of benzene rings is 2. The highest BCUT2D eigenvalue weighted by molar-refractivity contribution is 5.91. The molecular formula is C21H24FN3O4. The minimum atomic E-state index is -1.01. The number of methoxy groups -OCH3 is 1. The topological polar surface area (TPSA) is 111 Å². The first-order valence-electron chi connectivity index (χ1n) is 9.03. The molecule has 0 bridgehead atoms. The van der Waals surface area contributed by atoms with Gasteiger partial charge in [-0.3, -0.25) is 14.4 Å². The van der Waals surface area contributed by atoms with E-state index in [-0.39, 0.29) is 12.8 Å². The predicted molar refractivity (Wildman–Crippen MR) is 106 cm³/mol. The third-order valence-electron chi connectivity index (χ3n) is 4.30.